The number of hydrogen-bond acceptors (Lipinski definition) is 2. The molecule has 2 aromatic carbocycles. The van der Waals surface area contributed by atoms with Gasteiger partial charge < -0.3 is 15.8 Å². The van der Waals surface area contributed by atoms with Crippen LogP contribution in [0.4, 0.5) is 14.5 Å². The van der Waals surface area contributed by atoms with Crippen molar-refractivity contribution in [2.24, 2.45) is 10.7 Å². The maximum absolute atomic E-state index is 13.3. The minimum atomic E-state index is -0.556. The van der Waals surface area contributed by atoms with Gasteiger partial charge in [-0.05, 0) is 54.7 Å². The maximum Gasteiger partial charge on any atom is 0.193 e. The summed E-state index contributed by atoms with van der Waals surface area (Å²) in [4.78, 5) is 4.39. The molecule has 0 bridgehead atoms. The Kier molecular flexibility index (Phi) is 7.05. The van der Waals surface area contributed by atoms with Crippen LogP contribution >= 0.6 is 35.6 Å². The molecule has 3 N–H and O–H groups in total. The Morgan fingerprint density at radius 3 is 2.42 bits per heavy atom. The lowest BCUT2D eigenvalue weighted by Crippen LogP contribution is -2.31. The fraction of sp³-hybridized carbons (Fsp3) is 0.278. The molecule has 1 saturated carbocycles. The number of nitrogens with zero attached hydrogens (tertiary/aromatic N) is 1. The van der Waals surface area contributed by atoms with Crippen LogP contribution in [-0.4, -0.2) is 19.1 Å². The van der Waals surface area contributed by atoms with Crippen molar-refractivity contribution in [2.75, 3.05) is 12.4 Å². The van der Waals surface area contributed by atoms with Gasteiger partial charge in [-0.25, -0.2) is 13.8 Å². The predicted octanol–water partition coefficient (Wildman–Crippen LogP) is 4.92. The van der Waals surface area contributed by atoms with Gasteiger partial charge in [0, 0.05) is 11.8 Å². The first kappa shape index (κ1) is 20.7. The molecule has 0 atom stereocenters. The van der Waals surface area contributed by atoms with E-state index in [9.17, 15) is 8.78 Å². The van der Waals surface area contributed by atoms with E-state index in [0.29, 0.717) is 34.9 Å². The van der Waals surface area contributed by atoms with Crippen molar-refractivity contribution in [3.8, 4) is 5.75 Å². The van der Waals surface area contributed by atoms with Crippen molar-refractivity contribution in [3.63, 3.8) is 0 Å². The number of rotatable bonds is 4. The summed E-state index contributed by atoms with van der Waals surface area (Å²) in [7, 11) is 1.54. The van der Waals surface area contributed by atoms with Crippen LogP contribution in [0, 0.1) is 11.6 Å². The zero-order valence-corrected chi connectivity index (χ0v) is 17.1. The maximum atomic E-state index is 13.3. The van der Waals surface area contributed by atoms with Crippen molar-refractivity contribution in [3.05, 3.63) is 58.6 Å². The van der Waals surface area contributed by atoms with Gasteiger partial charge in [-0.2, -0.15) is 0 Å². The number of halogens is 4. The van der Waals surface area contributed by atoms with Gasteiger partial charge in [-0.1, -0.05) is 11.6 Å². The molecule has 0 aromatic heterocycles. The van der Waals surface area contributed by atoms with Gasteiger partial charge in [-0.15, -0.1) is 24.0 Å². The van der Waals surface area contributed by atoms with Gasteiger partial charge in [0.2, 0.25) is 0 Å². The third kappa shape index (κ3) is 4.97. The zero-order chi connectivity index (χ0) is 18.0. The molecule has 1 fully saturated rings. The first-order valence-corrected chi connectivity index (χ1v) is 8.22. The number of guanidine groups is 1. The van der Waals surface area contributed by atoms with Crippen molar-refractivity contribution in [1.29, 1.82) is 0 Å². The minimum absolute atomic E-state index is 0. The molecule has 4 nitrogen and oxygen atoms in total. The monoisotopic (exact) mass is 493 g/mol. The van der Waals surface area contributed by atoms with E-state index in [0.717, 1.165) is 6.07 Å². The number of hydrogen-bond donors (Lipinski definition) is 2. The first-order chi connectivity index (χ1) is 11.9. The molecule has 8 heteroatoms. The molecule has 0 aliphatic heterocycles. The Morgan fingerprint density at radius 2 is 1.85 bits per heavy atom. The number of ether oxygens (including phenoxy) is 1. The van der Waals surface area contributed by atoms with Crippen molar-refractivity contribution < 1.29 is 13.5 Å². The van der Waals surface area contributed by atoms with Crippen LogP contribution < -0.4 is 15.8 Å². The third-order valence-corrected chi connectivity index (χ3v) is 4.51. The largest absolute Gasteiger partial charge is 0.495 e. The van der Waals surface area contributed by atoms with Gasteiger partial charge in [-0.3, -0.25) is 0 Å². The second-order valence-electron chi connectivity index (χ2n) is 6.01. The highest BCUT2D eigenvalue weighted by Gasteiger charge is 2.30. The summed E-state index contributed by atoms with van der Waals surface area (Å²) in [6.07, 6.45) is 1.41. The molecule has 26 heavy (non-hydrogen) atoms. The summed E-state index contributed by atoms with van der Waals surface area (Å²) in [6, 6.07) is 8.85. The number of methoxy groups -OCH3 is 1. The van der Waals surface area contributed by atoms with E-state index in [1.54, 1.807) is 25.3 Å². The highest BCUT2D eigenvalue weighted by atomic mass is 127. The Labute approximate surface area is 172 Å². The average Bonchev–Trinajstić information content (AvgIpc) is 2.49. The lowest BCUT2D eigenvalue weighted by atomic mass is 9.76. The van der Waals surface area contributed by atoms with Crippen LogP contribution in [0.25, 0.3) is 0 Å². The Bertz CT molecular complexity index is 793. The van der Waals surface area contributed by atoms with Crippen LogP contribution in [0.5, 0.6) is 5.75 Å². The highest BCUT2D eigenvalue weighted by molar-refractivity contribution is 14.0. The summed E-state index contributed by atoms with van der Waals surface area (Å²) in [5.74, 6) is -0.164. The lowest BCUT2D eigenvalue weighted by Gasteiger charge is -2.33. The van der Waals surface area contributed by atoms with Crippen molar-refractivity contribution >= 4 is 47.2 Å². The van der Waals surface area contributed by atoms with Gasteiger partial charge in [0.25, 0.3) is 0 Å². The highest BCUT2D eigenvalue weighted by Crippen LogP contribution is 2.39. The summed E-state index contributed by atoms with van der Waals surface area (Å²) in [5.41, 5.74) is 7.28. The summed E-state index contributed by atoms with van der Waals surface area (Å²) >= 11 is 6.06. The summed E-state index contributed by atoms with van der Waals surface area (Å²) in [6.45, 7) is 0. The summed E-state index contributed by atoms with van der Waals surface area (Å²) in [5, 5.41) is 3.44. The molecular formula is C18H19ClF2IN3O. The van der Waals surface area contributed by atoms with Crippen molar-refractivity contribution in [1.82, 2.24) is 0 Å². The SMILES string of the molecule is COc1ccc(NC(N)=NC2CC(c3cc(F)cc(F)c3)C2)cc1Cl.I. The molecular weight excluding hydrogens is 475 g/mol. The standard InChI is InChI=1S/C18H18ClF2N3O.HI/c1-25-17-3-2-14(9-16(17)19)23-18(22)24-15-6-11(7-15)10-4-12(20)8-13(21)5-10;/h2-5,8-9,11,15H,6-7H2,1H3,(H3,22,23,24);1H. The topological polar surface area (TPSA) is 59.6 Å². The molecule has 1 aliphatic rings. The van der Waals surface area contributed by atoms with Gasteiger partial charge in [0.05, 0.1) is 18.2 Å². The Balaban J connectivity index is 0.00000243. The molecule has 3 rings (SSSR count). The zero-order valence-electron chi connectivity index (χ0n) is 14.0. The second kappa shape index (κ2) is 8.85. The lowest BCUT2D eigenvalue weighted by molar-refractivity contribution is 0.351. The van der Waals surface area contributed by atoms with E-state index >= 15 is 0 Å². The third-order valence-electron chi connectivity index (χ3n) is 4.22. The van der Waals surface area contributed by atoms with Gasteiger partial charge >= 0.3 is 0 Å². The van der Waals surface area contributed by atoms with Crippen LogP contribution in [-0.2, 0) is 0 Å². The van der Waals surface area contributed by atoms with Crippen LogP contribution in [0.15, 0.2) is 41.4 Å². The smallest absolute Gasteiger partial charge is 0.193 e. The number of nitrogens with two attached hydrogens (primary N) is 1. The van der Waals surface area contributed by atoms with Crippen LogP contribution in [0.3, 0.4) is 0 Å². The molecule has 0 spiro atoms. The van der Waals surface area contributed by atoms with Gasteiger partial charge in [0.15, 0.2) is 5.96 Å². The first-order valence-electron chi connectivity index (χ1n) is 7.84. The number of nitrogens with one attached hydrogen (secondary N) is 1. The Morgan fingerprint density at radius 1 is 1.19 bits per heavy atom. The predicted molar refractivity (Wildman–Crippen MR) is 111 cm³/mol. The molecule has 1 aliphatic carbocycles. The van der Waals surface area contributed by atoms with Crippen LogP contribution in [0.1, 0.15) is 24.3 Å². The molecule has 0 amide bonds. The fourth-order valence-corrected chi connectivity index (χ4v) is 3.15. The van der Waals surface area contributed by atoms with E-state index in [1.807, 2.05) is 0 Å². The van der Waals surface area contributed by atoms with E-state index < -0.39 is 11.6 Å². The quantitative estimate of drug-likeness (QED) is 0.361. The number of aliphatic imine (C=N–C) groups is 1. The molecule has 0 heterocycles. The minimum Gasteiger partial charge on any atom is -0.495 e. The second-order valence-corrected chi connectivity index (χ2v) is 6.42. The fourth-order valence-electron chi connectivity index (χ4n) is 2.90. The van der Waals surface area contributed by atoms with Crippen LogP contribution in [0.2, 0.25) is 5.02 Å². The number of anilines is 1. The molecule has 0 unspecified atom stereocenters. The molecule has 0 radical (unpaired) electrons. The van der Waals surface area contributed by atoms with E-state index in [-0.39, 0.29) is 41.9 Å². The Hall–Kier alpha value is -1.61. The van der Waals surface area contributed by atoms with E-state index in [4.69, 9.17) is 22.1 Å². The van der Waals surface area contributed by atoms with Gasteiger partial charge in [0.1, 0.15) is 17.4 Å². The molecule has 140 valence electrons. The average molecular weight is 494 g/mol. The number of benzene rings is 2. The normalized spacial score (nSPS) is 19.3. The molecule has 2 aromatic rings. The van der Waals surface area contributed by atoms with E-state index in [1.165, 1.54) is 12.1 Å². The molecule has 0 saturated heterocycles. The van der Waals surface area contributed by atoms with Crippen molar-refractivity contribution in [2.45, 2.75) is 24.8 Å². The van der Waals surface area contributed by atoms with E-state index in [2.05, 4.69) is 10.3 Å². The summed E-state index contributed by atoms with van der Waals surface area (Å²) < 4.78 is 31.6.